The van der Waals surface area contributed by atoms with Gasteiger partial charge in [-0.2, -0.15) is 0 Å². The molecule has 0 aliphatic carbocycles. The normalized spacial score (nSPS) is 11.5. The van der Waals surface area contributed by atoms with Crippen molar-refractivity contribution in [1.82, 2.24) is 0 Å². The molecule has 2 aromatic rings. The highest BCUT2D eigenvalue weighted by Crippen LogP contribution is 2.39. The summed E-state index contributed by atoms with van der Waals surface area (Å²) in [7, 11) is 1.59. The lowest BCUT2D eigenvalue weighted by Crippen LogP contribution is -2.17. The molecule has 0 bridgehead atoms. The van der Waals surface area contributed by atoms with Gasteiger partial charge < -0.3 is 14.9 Å². The molecule has 0 saturated carbocycles. The highest BCUT2D eigenvalue weighted by atomic mass is 16.5. The fourth-order valence-corrected chi connectivity index (χ4v) is 2.50. The quantitative estimate of drug-likeness (QED) is 0.698. The van der Waals surface area contributed by atoms with E-state index in [0.717, 1.165) is 16.9 Å². The van der Waals surface area contributed by atoms with E-state index in [0.29, 0.717) is 5.75 Å². The van der Waals surface area contributed by atoms with Gasteiger partial charge in [-0.15, -0.1) is 0 Å². The van der Waals surface area contributed by atoms with Crippen molar-refractivity contribution in [2.75, 3.05) is 7.11 Å². The molecule has 0 saturated heterocycles. The van der Waals surface area contributed by atoms with Crippen LogP contribution in [0.5, 0.6) is 17.2 Å². The largest absolute Gasteiger partial charge is 0.508 e. The van der Waals surface area contributed by atoms with Crippen molar-refractivity contribution in [3.05, 3.63) is 53.1 Å². The lowest BCUT2D eigenvalue weighted by atomic mass is 9.78. The van der Waals surface area contributed by atoms with E-state index < -0.39 is 0 Å². The molecule has 0 atom stereocenters. The minimum Gasteiger partial charge on any atom is -0.508 e. The van der Waals surface area contributed by atoms with Crippen LogP contribution in [-0.4, -0.2) is 17.3 Å². The minimum atomic E-state index is -0.0178. The van der Waals surface area contributed by atoms with Crippen LogP contribution in [0.25, 0.3) is 0 Å². The topological polar surface area (TPSA) is 49.7 Å². The van der Waals surface area contributed by atoms with Crippen LogP contribution in [0.1, 0.15) is 58.2 Å². The number of phenols is 2. The summed E-state index contributed by atoms with van der Waals surface area (Å²) in [6.07, 6.45) is 0. The molecule has 2 N–H and O–H groups in total. The van der Waals surface area contributed by atoms with Crippen LogP contribution < -0.4 is 4.74 Å². The van der Waals surface area contributed by atoms with Gasteiger partial charge in [0.15, 0.2) is 0 Å². The second-order valence-corrected chi connectivity index (χ2v) is 8.41. The van der Waals surface area contributed by atoms with Crippen molar-refractivity contribution < 1.29 is 14.9 Å². The van der Waals surface area contributed by atoms with Crippen molar-refractivity contribution in [2.45, 2.75) is 59.3 Å². The van der Waals surface area contributed by atoms with E-state index in [1.807, 2.05) is 0 Å². The first kappa shape index (κ1) is 20.9. The Balaban J connectivity index is 0.000000293. The van der Waals surface area contributed by atoms with Crippen LogP contribution in [0, 0.1) is 6.92 Å². The maximum Gasteiger partial charge on any atom is 0.123 e. The maximum absolute atomic E-state index is 10.4. The first-order valence-corrected chi connectivity index (χ1v) is 8.54. The monoisotopic (exact) mass is 344 g/mol. The predicted octanol–water partition coefficient (Wildman–Crippen LogP) is 5.70. The highest BCUT2D eigenvalue weighted by molar-refractivity contribution is 5.49. The van der Waals surface area contributed by atoms with E-state index in [2.05, 4.69) is 60.6 Å². The molecule has 0 amide bonds. The molecule has 0 fully saturated rings. The molecule has 3 heteroatoms. The number of ether oxygens (including phenoxy) is 1. The molecule has 0 radical (unpaired) electrons. The number of methoxy groups -OCH3 is 1. The van der Waals surface area contributed by atoms with Crippen LogP contribution >= 0.6 is 0 Å². The fraction of sp³-hybridized carbons (Fsp3) is 0.455. The van der Waals surface area contributed by atoms with Gasteiger partial charge in [-0.25, -0.2) is 0 Å². The summed E-state index contributed by atoms with van der Waals surface area (Å²) in [4.78, 5) is 0. The van der Waals surface area contributed by atoms with Gasteiger partial charge in [0.1, 0.15) is 17.2 Å². The van der Waals surface area contributed by atoms with Gasteiger partial charge >= 0.3 is 0 Å². The molecule has 0 aromatic heterocycles. The van der Waals surface area contributed by atoms with E-state index >= 15 is 0 Å². The van der Waals surface area contributed by atoms with Crippen LogP contribution in [-0.2, 0) is 10.8 Å². The van der Waals surface area contributed by atoms with E-state index in [-0.39, 0.29) is 16.6 Å². The predicted molar refractivity (Wildman–Crippen MR) is 105 cm³/mol. The van der Waals surface area contributed by atoms with E-state index in [9.17, 15) is 5.11 Å². The Morgan fingerprint density at radius 1 is 0.760 bits per heavy atom. The molecule has 3 nitrogen and oxygen atoms in total. The first-order chi connectivity index (χ1) is 11.4. The Kier molecular flexibility index (Phi) is 6.53. The van der Waals surface area contributed by atoms with E-state index in [1.165, 1.54) is 5.56 Å². The van der Waals surface area contributed by atoms with Gasteiger partial charge in [-0.05, 0) is 53.1 Å². The Morgan fingerprint density at radius 2 is 1.16 bits per heavy atom. The second-order valence-electron chi connectivity index (χ2n) is 8.41. The lowest BCUT2D eigenvalue weighted by molar-refractivity contribution is 0.412. The van der Waals surface area contributed by atoms with E-state index in [4.69, 9.17) is 9.84 Å². The minimum absolute atomic E-state index is 0.0178. The van der Waals surface area contributed by atoms with Gasteiger partial charge in [0.05, 0.1) is 7.11 Å². The molecule has 2 rings (SSSR count). The van der Waals surface area contributed by atoms with E-state index in [1.54, 1.807) is 31.4 Å². The molecule has 0 unspecified atom stereocenters. The molecule has 2 aromatic carbocycles. The summed E-state index contributed by atoms with van der Waals surface area (Å²) >= 11 is 0. The number of hydrogen-bond donors (Lipinski definition) is 2. The molecule has 0 heterocycles. The fourth-order valence-electron chi connectivity index (χ4n) is 2.50. The SMILES string of the molecule is COc1ccc(O)cc1.Cc1cc(C(C)(C)C)c(O)c(C(C)(C)C)c1. The lowest BCUT2D eigenvalue weighted by Gasteiger charge is -2.27. The average Bonchev–Trinajstić information content (AvgIpc) is 2.48. The van der Waals surface area contributed by atoms with Gasteiger partial charge in [-0.3, -0.25) is 0 Å². The van der Waals surface area contributed by atoms with Crippen molar-refractivity contribution in [3.8, 4) is 17.2 Å². The zero-order chi connectivity index (χ0) is 19.4. The first-order valence-electron chi connectivity index (χ1n) is 8.54. The number of aromatic hydroxyl groups is 2. The summed E-state index contributed by atoms with van der Waals surface area (Å²) in [5, 5.41) is 19.2. The van der Waals surface area contributed by atoms with Crippen molar-refractivity contribution in [1.29, 1.82) is 0 Å². The standard InChI is InChI=1S/C15H24O.C7H8O2/c1-10-8-11(14(2,3)4)13(16)12(9-10)15(5,6)7;1-9-7-4-2-6(8)3-5-7/h8-9,16H,1-7H3;2-5,8H,1H3. The smallest absolute Gasteiger partial charge is 0.123 e. The van der Waals surface area contributed by atoms with Gasteiger partial charge in [0.25, 0.3) is 0 Å². The number of aryl methyl sites for hydroxylation is 1. The van der Waals surface area contributed by atoms with Crippen LogP contribution in [0.15, 0.2) is 36.4 Å². The summed E-state index contributed by atoms with van der Waals surface area (Å²) < 4.78 is 4.86. The molecular weight excluding hydrogens is 312 g/mol. The summed E-state index contributed by atoms with van der Waals surface area (Å²) in [6.45, 7) is 14.9. The molecule has 0 aliphatic heterocycles. The van der Waals surface area contributed by atoms with Crippen molar-refractivity contribution in [3.63, 3.8) is 0 Å². The van der Waals surface area contributed by atoms with Crippen molar-refractivity contribution >= 4 is 0 Å². The number of hydrogen-bond acceptors (Lipinski definition) is 3. The Hall–Kier alpha value is -2.16. The third-order valence-electron chi connectivity index (χ3n) is 3.94. The third kappa shape index (κ3) is 6.00. The molecule has 0 aliphatic rings. The van der Waals surface area contributed by atoms with Crippen LogP contribution in [0.3, 0.4) is 0 Å². The summed E-state index contributed by atoms with van der Waals surface area (Å²) in [5.41, 5.74) is 3.26. The highest BCUT2D eigenvalue weighted by Gasteiger charge is 2.25. The number of benzene rings is 2. The zero-order valence-corrected chi connectivity index (χ0v) is 16.8. The zero-order valence-electron chi connectivity index (χ0n) is 16.8. The van der Waals surface area contributed by atoms with Gasteiger partial charge in [-0.1, -0.05) is 59.2 Å². The number of phenolic OH excluding ortho intramolecular Hbond substituents is 2. The van der Waals surface area contributed by atoms with Gasteiger partial charge in [0.2, 0.25) is 0 Å². The molecular formula is C22H32O3. The number of rotatable bonds is 1. The second kappa shape index (κ2) is 7.81. The molecule has 25 heavy (non-hydrogen) atoms. The average molecular weight is 344 g/mol. The van der Waals surface area contributed by atoms with Crippen LogP contribution in [0.2, 0.25) is 0 Å². The Labute approximate surface area is 152 Å². The molecule has 138 valence electrons. The third-order valence-corrected chi connectivity index (χ3v) is 3.94. The Bertz CT molecular complexity index is 652. The summed E-state index contributed by atoms with van der Waals surface area (Å²) in [5.74, 6) is 1.48. The summed E-state index contributed by atoms with van der Waals surface area (Å²) in [6, 6.07) is 10.7. The maximum atomic E-state index is 10.4. The van der Waals surface area contributed by atoms with Crippen LogP contribution in [0.4, 0.5) is 0 Å². The van der Waals surface area contributed by atoms with Crippen molar-refractivity contribution in [2.24, 2.45) is 0 Å². The Morgan fingerprint density at radius 3 is 1.48 bits per heavy atom. The molecule has 0 spiro atoms. The van der Waals surface area contributed by atoms with Gasteiger partial charge in [0, 0.05) is 0 Å².